The molecule has 2 N–H and O–H groups in total. The highest BCUT2D eigenvalue weighted by Gasteiger charge is 2.38. The number of nitriles is 1. The van der Waals surface area contributed by atoms with Gasteiger partial charge in [-0.3, -0.25) is 4.79 Å². The van der Waals surface area contributed by atoms with Crippen LogP contribution in [0.3, 0.4) is 0 Å². The summed E-state index contributed by atoms with van der Waals surface area (Å²) in [5.41, 5.74) is 9.29. The molecule has 21 heavy (non-hydrogen) atoms. The summed E-state index contributed by atoms with van der Waals surface area (Å²) in [6, 6.07) is 11.9. The van der Waals surface area contributed by atoms with E-state index in [4.69, 9.17) is 5.73 Å². The second-order valence-electron chi connectivity index (χ2n) is 5.45. The quantitative estimate of drug-likeness (QED) is 0.857. The average Bonchev–Trinajstić information content (AvgIpc) is 2.52. The number of Topliss-reactive ketones (excluding diaryl/α,β-unsaturated/α-hetero) is 1. The van der Waals surface area contributed by atoms with Crippen LogP contribution < -0.4 is 5.73 Å². The predicted molar refractivity (Wildman–Crippen MR) is 79.7 cm³/mol. The summed E-state index contributed by atoms with van der Waals surface area (Å²) in [7, 11) is 1.84. The number of ketones is 1. The van der Waals surface area contributed by atoms with Crippen molar-refractivity contribution in [1.82, 2.24) is 4.90 Å². The molecule has 106 valence electrons. The van der Waals surface area contributed by atoms with Crippen LogP contribution in [0.1, 0.15) is 30.7 Å². The van der Waals surface area contributed by atoms with E-state index in [2.05, 4.69) is 6.07 Å². The zero-order valence-electron chi connectivity index (χ0n) is 12.0. The topological polar surface area (TPSA) is 70.1 Å². The summed E-state index contributed by atoms with van der Waals surface area (Å²) in [6.45, 7) is 0. The lowest BCUT2D eigenvalue weighted by molar-refractivity contribution is -0.116. The molecule has 0 unspecified atom stereocenters. The maximum atomic E-state index is 12.5. The standard InChI is InChI=1S/C17H17N3O/c1-20-13-8-5-9-14(21)16(13)15(12(10-18)17(20)19)11-6-3-2-4-7-11/h2-4,6-7,15H,5,8-9,19H2,1H3/t15-/m1/s1. The smallest absolute Gasteiger partial charge is 0.161 e. The minimum absolute atomic E-state index is 0.136. The fourth-order valence-corrected chi connectivity index (χ4v) is 3.24. The van der Waals surface area contributed by atoms with Crippen LogP contribution in [-0.2, 0) is 4.79 Å². The molecule has 0 amide bonds. The normalized spacial score (nSPS) is 22.2. The molecule has 0 saturated carbocycles. The lowest BCUT2D eigenvalue weighted by Crippen LogP contribution is -2.36. The van der Waals surface area contributed by atoms with Crippen LogP contribution in [0.2, 0.25) is 0 Å². The van der Waals surface area contributed by atoms with Crippen LogP contribution in [0.4, 0.5) is 0 Å². The molecule has 2 aliphatic rings. The van der Waals surface area contributed by atoms with Crippen molar-refractivity contribution in [3.8, 4) is 6.07 Å². The first-order chi connectivity index (χ1) is 10.1. The third-order valence-electron chi connectivity index (χ3n) is 4.30. The molecule has 1 aromatic rings. The van der Waals surface area contributed by atoms with Gasteiger partial charge in [-0.2, -0.15) is 5.26 Å². The molecular weight excluding hydrogens is 262 g/mol. The van der Waals surface area contributed by atoms with E-state index in [1.807, 2.05) is 42.3 Å². The largest absolute Gasteiger partial charge is 0.384 e. The Morgan fingerprint density at radius 1 is 1.29 bits per heavy atom. The first-order valence-electron chi connectivity index (χ1n) is 7.09. The van der Waals surface area contributed by atoms with Crippen LogP contribution >= 0.6 is 0 Å². The van der Waals surface area contributed by atoms with Crippen LogP contribution in [0.25, 0.3) is 0 Å². The third kappa shape index (κ3) is 2.02. The summed E-state index contributed by atoms with van der Waals surface area (Å²) < 4.78 is 0. The highest BCUT2D eigenvalue weighted by atomic mass is 16.1. The van der Waals surface area contributed by atoms with Crippen molar-refractivity contribution in [3.05, 3.63) is 58.6 Å². The highest BCUT2D eigenvalue weighted by Crippen LogP contribution is 2.43. The molecule has 1 heterocycles. The zero-order chi connectivity index (χ0) is 15.0. The van der Waals surface area contributed by atoms with E-state index >= 15 is 0 Å². The second kappa shape index (κ2) is 5.10. The van der Waals surface area contributed by atoms with Crippen molar-refractivity contribution in [3.63, 3.8) is 0 Å². The van der Waals surface area contributed by atoms with Crippen LogP contribution in [-0.4, -0.2) is 17.7 Å². The van der Waals surface area contributed by atoms with Gasteiger partial charge in [-0.05, 0) is 18.4 Å². The maximum absolute atomic E-state index is 12.5. The van der Waals surface area contributed by atoms with Gasteiger partial charge in [-0.25, -0.2) is 0 Å². The monoisotopic (exact) mass is 279 g/mol. The van der Waals surface area contributed by atoms with Gasteiger partial charge in [0.2, 0.25) is 0 Å². The van der Waals surface area contributed by atoms with E-state index in [9.17, 15) is 10.1 Å². The first kappa shape index (κ1) is 13.4. The number of hydrogen-bond donors (Lipinski definition) is 1. The molecule has 1 aromatic carbocycles. The van der Waals surface area contributed by atoms with Crippen LogP contribution in [0.5, 0.6) is 0 Å². The minimum atomic E-state index is -0.324. The second-order valence-corrected chi connectivity index (χ2v) is 5.45. The Morgan fingerprint density at radius 3 is 2.67 bits per heavy atom. The summed E-state index contributed by atoms with van der Waals surface area (Å²) in [5, 5.41) is 9.54. The molecule has 1 aliphatic carbocycles. The maximum Gasteiger partial charge on any atom is 0.161 e. The van der Waals surface area contributed by atoms with E-state index in [1.165, 1.54) is 0 Å². The van der Waals surface area contributed by atoms with Crippen molar-refractivity contribution in [1.29, 1.82) is 5.26 Å². The Labute approximate surface area is 124 Å². The molecule has 1 atom stereocenters. The molecule has 3 rings (SSSR count). The molecule has 4 nitrogen and oxygen atoms in total. The molecule has 0 bridgehead atoms. The Bertz CT molecular complexity index is 694. The molecule has 0 fully saturated rings. The van der Waals surface area contributed by atoms with Gasteiger partial charge in [-0.1, -0.05) is 30.3 Å². The molecule has 4 heteroatoms. The molecule has 0 aromatic heterocycles. The lowest BCUT2D eigenvalue weighted by atomic mass is 9.76. The SMILES string of the molecule is CN1C(N)=C(C#N)[C@@H](c2ccccc2)C2=C1CCCC2=O. The minimum Gasteiger partial charge on any atom is -0.384 e. The summed E-state index contributed by atoms with van der Waals surface area (Å²) in [5.74, 6) is 0.271. The molecule has 0 radical (unpaired) electrons. The Balaban J connectivity index is 2.23. The summed E-state index contributed by atoms with van der Waals surface area (Å²) >= 11 is 0. The first-order valence-corrected chi connectivity index (χ1v) is 7.09. The number of carbonyl (C=O) groups excluding carboxylic acids is 1. The summed E-state index contributed by atoms with van der Waals surface area (Å²) in [6.07, 6.45) is 2.23. The number of nitrogens with zero attached hydrogens (tertiary/aromatic N) is 2. The predicted octanol–water partition coefficient (Wildman–Crippen LogP) is 2.42. The van der Waals surface area contributed by atoms with Gasteiger partial charge in [0.05, 0.1) is 17.6 Å². The van der Waals surface area contributed by atoms with Crippen molar-refractivity contribution < 1.29 is 4.79 Å². The van der Waals surface area contributed by atoms with Crippen LogP contribution in [0.15, 0.2) is 53.0 Å². The van der Waals surface area contributed by atoms with Gasteiger partial charge in [0, 0.05) is 24.7 Å². The molecule has 0 spiro atoms. The Hall–Kier alpha value is -2.54. The average molecular weight is 279 g/mol. The van der Waals surface area contributed by atoms with Crippen LogP contribution in [0, 0.1) is 11.3 Å². The Morgan fingerprint density at radius 2 is 2.00 bits per heavy atom. The fraction of sp³-hybridized carbons (Fsp3) is 0.294. The number of allylic oxidation sites excluding steroid dienone is 3. The summed E-state index contributed by atoms with van der Waals surface area (Å²) in [4.78, 5) is 14.3. The molecule has 0 saturated heterocycles. The van der Waals surface area contributed by atoms with Gasteiger partial charge in [0.1, 0.15) is 5.82 Å². The van der Waals surface area contributed by atoms with Crippen molar-refractivity contribution in [2.45, 2.75) is 25.2 Å². The fourth-order valence-electron chi connectivity index (χ4n) is 3.24. The van der Waals surface area contributed by atoms with Crippen molar-refractivity contribution >= 4 is 5.78 Å². The van der Waals surface area contributed by atoms with Gasteiger partial charge in [0.25, 0.3) is 0 Å². The number of carbonyl (C=O) groups is 1. The van der Waals surface area contributed by atoms with E-state index in [-0.39, 0.29) is 11.7 Å². The van der Waals surface area contributed by atoms with Gasteiger partial charge in [0.15, 0.2) is 5.78 Å². The zero-order valence-corrected chi connectivity index (χ0v) is 12.0. The highest BCUT2D eigenvalue weighted by molar-refractivity contribution is 5.99. The number of nitrogens with two attached hydrogens (primary N) is 1. The lowest BCUT2D eigenvalue weighted by Gasteiger charge is -2.37. The number of benzene rings is 1. The van der Waals surface area contributed by atoms with E-state index < -0.39 is 0 Å². The molecular formula is C17H17N3O. The van der Waals surface area contributed by atoms with Crippen molar-refractivity contribution in [2.75, 3.05) is 7.05 Å². The molecule has 1 aliphatic heterocycles. The van der Waals surface area contributed by atoms with E-state index in [0.717, 1.165) is 29.7 Å². The van der Waals surface area contributed by atoms with Gasteiger partial charge < -0.3 is 10.6 Å². The Kier molecular flexibility index (Phi) is 3.26. The van der Waals surface area contributed by atoms with Gasteiger partial charge in [-0.15, -0.1) is 0 Å². The van der Waals surface area contributed by atoms with E-state index in [0.29, 0.717) is 17.8 Å². The van der Waals surface area contributed by atoms with Crippen molar-refractivity contribution in [2.24, 2.45) is 5.73 Å². The number of hydrogen-bond acceptors (Lipinski definition) is 4. The van der Waals surface area contributed by atoms with E-state index in [1.54, 1.807) is 0 Å². The number of rotatable bonds is 1. The van der Waals surface area contributed by atoms with Gasteiger partial charge >= 0.3 is 0 Å². The third-order valence-corrected chi connectivity index (χ3v) is 4.30.